The SMILES string of the molecule is CCOC(=O)/C(=C1/OC(=O)C(c2ccccc2)=C1O)c1ccccc1. The van der Waals surface area contributed by atoms with E-state index in [1.54, 1.807) is 67.6 Å². The van der Waals surface area contributed by atoms with Crippen LogP contribution in [-0.4, -0.2) is 23.7 Å². The third kappa shape index (κ3) is 3.17. The molecule has 0 unspecified atom stereocenters. The number of esters is 2. The van der Waals surface area contributed by atoms with E-state index in [2.05, 4.69) is 0 Å². The van der Waals surface area contributed by atoms with Gasteiger partial charge in [-0.3, -0.25) is 0 Å². The average molecular weight is 336 g/mol. The normalized spacial score (nSPS) is 15.8. The largest absolute Gasteiger partial charge is 0.504 e. The van der Waals surface area contributed by atoms with Gasteiger partial charge in [-0.15, -0.1) is 0 Å². The van der Waals surface area contributed by atoms with Crippen molar-refractivity contribution in [1.29, 1.82) is 0 Å². The van der Waals surface area contributed by atoms with Gasteiger partial charge < -0.3 is 14.6 Å². The maximum atomic E-state index is 12.4. The van der Waals surface area contributed by atoms with Crippen molar-refractivity contribution in [3.8, 4) is 0 Å². The number of carbonyl (C=O) groups excluding carboxylic acids is 2. The first-order chi connectivity index (χ1) is 12.1. The molecule has 0 bridgehead atoms. The Labute approximate surface area is 144 Å². The summed E-state index contributed by atoms with van der Waals surface area (Å²) in [5.41, 5.74) is 1.04. The van der Waals surface area contributed by atoms with Crippen LogP contribution in [0, 0.1) is 0 Å². The first-order valence-electron chi connectivity index (χ1n) is 7.81. The Kier molecular flexibility index (Phi) is 4.66. The molecule has 25 heavy (non-hydrogen) atoms. The molecule has 1 N–H and O–H groups in total. The van der Waals surface area contributed by atoms with E-state index in [-0.39, 0.29) is 29.3 Å². The van der Waals surface area contributed by atoms with Crippen LogP contribution < -0.4 is 0 Å². The predicted molar refractivity (Wildman–Crippen MR) is 92.1 cm³/mol. The number of rotatable bonds is 4. The summed E-state index contributed by atoms with van der Waals surface area (Å²) >= 11 is 0. The number of carbonyl (C=O) groups is 2. The Bertz CT molecular complexity index is 863. The first-order valence-corrected chi connectivity index (χ1v) is 7.81. The van der Waals surface area contributed by atoms with Crippen LogP contribution >= 0.6 is 0 Å². The van der Waals surface area contributed by atoms with E-state index in [1.165, 1.54) is 0 Å². The van der Waals surface area contributed by atoms with Crippen LogP contribution in [0.1, 0.15) is 18.1 Å². The van der Waals surface area contributed by atoms with E-state index in [0.717, 1.165) is 0 Å². The van der Waals surface area contributed by atoms with Crippen molar-refractivity contribution in [2.45, 2.75) is 6.92 Å². The second kappa shape index (κ2) is 7.05. The molecule has 0 radical (unpaired) electrons. The fourth-order valence-corrected chi connectivity index (χ4v) is 2.58. The summed E-state index contributed by atoms with van der Waals surface area (Å²) in [6, 6.07) is 17.3. The fourth-order valence-electron chi connectivity index (χ4n) is 2.58. The van der Waals surface area contributed by atoms with Crippen molar-refractivity contribution in [1.82, 2.24) is 0 Å². The molecule has 0 aliphatic carbocycles. The fraction of sp³-hybridized carbons (Fsp3) is 0.100. The summed E-state index contributed by atoms with van der Waals surface area (Å²) in [4.78, 5) is 24.7. The van der Waals surface area contributed by atoms with E-state index < -0.39 is 11.9 Å². The molecule has 3 rings (SSSR count). The highest BCUT2D eigenvalue weighted by Crippen LogP contribution is 2.36. The lowest BCUT2D eigenvalue weighted by molar-refractivity contribution is -0.136. The molecule has 5 heteroatoms. The lowest BCUT2D eigenvalue weighted by atomic mass is 10.0. The van der Waals surface area contributed by atoms with Gasteiger partial charge in [0.2, 0.25) is 0 Å². The Morgan fingerprint density at radius 3 is 2.24 bits per heavy atom. The number of benzene rings is 2. The Balaban J connectivity index is 2.19. The highest BCUT2D eigenvalue weighted by Gasteiger charge is 2.36. The minimum atomic E-state index is -0.712. The van der Waals surface area contributed by atoms with Gasteiger partial charge in [0.25, 0.3) is 0 Å². The standard InChI is InChI=1S/C20H16O5/c1-2-24-19(22)16(14-11-7-4-8-12-14)18-17(21)15(20(23)25-18)13-9-5-3-6-10-13/h3-12,21H,2H2,1H3/b18-16+. The second-order valence-electron chi connectivity index (χ2n) is 5.27. The summed E-state index contributed by atoms with van der Waals surface area (Å²) in [5.74, 6) is -1.94. The molecule has 0 spiro atoms. The maximum Gasteiger partial charge on any atom is 0.348 e. The molecule has 1 aliphatic heterocycles. The quantitative estimate of drug-likeness (QED) is 0.683. The predicted octanol–water partition coefficient (Wildman–Crippen LogP) is 3.49. The van der Waals surface area contributed by atoms with Crippen molar-refractivity contribution in [3.63, 3.8) is 0 Å². The molecule has 0 saturated heterocycles. The van der Waals surface area contributed by atoms with Crippen LogP contribution in [0.5, 0.6) is 0 Å². The summed E-state index contributed by atoms with van der Waals surface area (Å²) in [6.45, 7) is 1.84. The van der Waals surface area contributed by atoms with E-state index >= 15 is 0 Å². The number of cyclic esters (lactones) is 1. The zero-order chi connectivity index (χ0) is 17.8. The molecule has 0 atom stereocenters. The average Bonchev–Trinajstić information content (AvgIpc) is 2.91. The van der Waals surface area contributed by atoms with Gasteiger partial charge in [-0.1, -0.05) is 60.7 Å². The van der Waals surface area contributed by atoms with Gasteiger partial charge in [0.15, 0.2) is 11.5 Å². The molecule has 0 aromatic heterocycles. The Morgan fingerprint density at radius 2 is 1.64 bits per heavy atom. The smallest absolute Gasteiger partial charge is 0.348 e. The van der Waals surface area contributed by atoms with Gasteiger partial charge in [0.1, 0.15) is 11.1 Å². The number of hydrogen-bond donors (Lipinski definition) is 1. The molecule has 2 aromatic rings. The zero-order valence-electron chi connectivity index (χ0n) is 13.6. The maximum absolute atomic E-state index is 12.4. The van der Waals surface area contributed by atoms with Crippen LogP contribution in [0.4, 0.5) is 0 Å². The van der Waals surface area contributed by atoms with Gasteiger partial charge in [-0.2, -0.15) is 0 Å². The molecule has 0 fully saturated rings. The van der Waals surface area contributed by atoms with E-state index in [0.29, 0.717) is 11.1 Å². The topological polar surface area (TPSA) is 72.8 Å². The van der Waals surface area contributed by atoms with Crippen molar-refractivity contribution < 1.29 is 24.2 Å². The van der Waals surface area contributed by atoms with Gasteiger partial charge in [-0.05, 0) is 18.1 Å². The number of ether oxygens (including phenoxy) is 2. The number of hydrogen-bond acceptors (Lipinski definition) is 5. The molecule has 0 saturated carbocycles. The summed E-state index contributed by atoms with van der Waals surface area (Å²) in [7, 11) is 0. The van der Waals surface area contributed by atoms with Gasteiger partial charge in [0, 0.05) is 0 Å². The lowest BCUT2D eigenvalue weighted by Crippen LogP contribution is -2.11. The van der Waals surface area contributed by atoms with Crippen molar-refractivity contribution >= 4 is 23.1 Å². The first kappa shape index (κ1) is 16.5. The van der Waals surface area contributed by atoms with E-state index in [4.69, 9.17) is 9.47 Å². The number of aliphatic hydroxyl groups excluding tert-OH is 1. The minimum Gasteiger partial charge on any atom is -0.504 e. The Hall–Kier alpha value is -3.34. The zero-order valence-corrected chi connectivity index (χ0v) is 13.6. The molecular formula is C20H16O5. The second-order valence-corrected chi connectivity index (χ2v) is 5.27. The van der Waals surface area contributed by atoms with Crippen molar-refractivity contribution in [3.05, 3.63) is 83.3 Å². The molecule has 0 amide bonds. The van der Waals surface area contributed by atoms with Crippen LogP contribution in [0.3, 0.4) is 0 Å². The van der Waals surface area contributed by atoms with Crippen LogP contribution in [0.2, 0.25) is 0 Å². The Morgan fingerprint density at radius 1 is 1.04 bits per heavy atom. The highest BCUT2D eigenvalue weighted by molar-refractivity contribution is 6.25. The van der Waals surface area contributed by atoms with Crippen LogP contribution in [0.15, 0.2) is 72.2 Å². The minimum absolute atomic E-state index is 0.0132. The van der Waals surface area contributed by atoms with Crippen molar-refractivity contribution in [2.24, 2.45) is 0 Å². The highest BCUT2D eigenvalue weighted by atomic mass is 16.6. The van der Waals surface area contributed by atoms with Crippen LogP contribution in [-0.2, 0) is 19.1 Å². The van der Waals surface area contributed by atoms with Gasteiger partial charge in [0.05, 0.1) is 6.61 Å². The summed E-state index contributed by atoms with van der Waals surface area (Å²) in [5, 5.41) is 10.6. The third-order valence-electron chi connectivity index (χ3n) is 3.68. The van der Waals surface area contributed by atoms with Gasteiger partial charge >= 0.3 is 11.9 Å². The number of aliphatic hydroxyl groups is 1. The van der Waals surface area contributed by atoms with E-state index in [1.807, 2.05) is 0 Å². The molecule has 1 heterocycles. The summed E-state index contributed by atoms with van der Waals surface area (Å²) < 4.78 is 10.3. The third-order valence-corrected chi connectivity index (χ3v) is 3.68. The molecule has 2 aromatic carbocycles. The molecule has 126 valence electrons. The monoisotopic (exact) mass is 336 g/mol. The molecule has 1 aliphatic rings. The summed E-state index contributed by atoms with van der Waals surface area (Å²) in [6.07, 6.45) is 0. The van der Waals surface area contributed by atoms with Crippen molar-refractivity contribution in [2.75, 3.05) is 6.61 Å². The van der Waals surface area contributed by atoms with Gasteiger partial charge in [-0.25, -0.2) is 9.59 Å². The van der Waals surface area contributed by atoms with E-state index in [9.17, 15) is 14.7 Å². The molecule has 5 nitrogen and oxygen atoms in total. The van der Waals surface area contributed by atoms with Crippen LogP contribution in [0.25, 0.3) is 11.1 Å². The molecular weight excluding hydrogens is 320 g/mol. The lowest BCUT2D eigenvalue weighted by Gasteiger charge is -2.10.